The van der Waals surface area contributed by atoms with Gasteiger partial charge in [-0.15, -0.1) is 0 Å². The Labute approximate surface area is 56.0 Å². The second-order valence-electron chi connectivity index (χ2n) is 3.50. The monoisotopic (exact) mass is 126 g/mol. The molecule has 0 radical (unpaired) electrons. The third-order valence-corrected chi connectivity index (χ3v) is 2.52. The summed E-state index contributed by atoms with van der Waals surface area (Å²) in [5.41, 5.74) is 6.22. The first-order chi connectivity index (χ1) is 4.35. The van der Waals surface area contributed by atoms with Crippen LogP contribution in [-0.2, 0) is 0 Å². The molecule has 1 spiro atoms. The van der Waals surface area contributed by atoms with Gasteiger partial charge in [0.2, 0.25) is 0 Å². The molecule has 0 amide bonds. The summed E-state index contributed by atoms with van der Waals surface area (Å²) in [5.74, 6) is 0. The van der Waals surface area contributed by atoms with Gasteiger partial charge in [0.15, 0.2) is 0 Å². The number of hydrogen-bond acceptors (Lipinski definition) is 2. The lowest BCUT2D eigenvalue weighted by Gasteiger charge is -2.39. The Kier molecular flexibility index (Phi) is 1.08. The predicted molar refractivity (Wildman–Crippen MR) is 37.2 cm³/mol. The molecule has 0 aromatic heterocycles. The summed E-state index contributed by atoms with van der Waals surface area (Å²) in [7, 11) is 0. The normalized spacial score (nSPS) is 30.3. The molecule has 0 unspecified atom stereocenters. The molecular weight excluding hydrogens is 112 g/mol. The van der Waals surface area contributed by atoms with Crippen molar-refractivity contribution >= 4 is 0 Å². The van der Waals surface area contributed by atoms with Gasteiger partial charge >= 0.3 is 0 Å². The molecule has 2 rings (SSSR count). The first kappa shape index (κ1) is 5.69. The van der Waals surface area contributed by atoms with Gasteiger partial charge in [-0.1, -0.05) is 0 Å². The average Bonchev–Trinajstić information content (AvgIpc) is 2.45. The number of nitrogens with zero attached hydrogens (tertiary/aromatic N) is 1. The van der Waals surface area contributed by atoms with Crippen molar-refractivity contribution in [2.75, 3.05) is 26.2 Å². The van der Waals surface area contributed by atoms with Crippen LogP contribution in [-0.4, -0.2) is 31.1 Å². The van der Waals surface area contributed by atoms with E-state index in [0.717, 1.165) is 18.5 Å². The van der Waals surface area contributed by atoms with Crippen LogP contribution in [0.1, 0.15) is 12.8 Å². The summed E-state index contributed by atoms with van der Waals surface area (Å²) in [6, 6.07) is 0. The van der Waals surface area contributed by atoms with Gasteiger partial charge in [0.05, 0.1) is 0 Å². The fourth-order valence-corrected chi connectivity index (χ4v) is 1.74. The van der Waals surface area contributed by atoms with Gasteiger partial charge in [0, 0.05) is 26.2 Å². The lowest BCUT2D eigenvalue weighted by molar-refractivity contribution is 0.0857. The van der Waals surface area contributed by atoms with Crippen LogP contribution in [0.5, 0.6) is 0 Å². The molecule has 2 aliphatic rings. The van der Waals surface area contributed by atoms with Crippen molar-refractivity contribution in [2.24, 2.45) is 11.1 Å². The van der Waals surface area contributed by atoms with Crippen molar-refractivity contribution < 1.29 is 0 Å². The molecular formula is C7H14N2. The van der Waals surface area contributed by atoms with E-state index in [0.29, 0.717) is 0 Å². The van der Waals surface area contributed by atoms with E-state index < -0.39 is 0 Å². The minimum absolute atomic E-state index is 0.815. The summed E-state index contributed by atoms with van der Waals surface area (Å²) in [5, 5.41) is 0. The molecule has 1 aliphatic carbocycles. The quantitative estimate of drug-likeness (QED) is 0.566. The van der Waals surface area contributed by atoms with Crippen LogP contribution in [0.4, 0.5) is 0 Å². The van der Waals surface area contributed by atoms with Gasteiger partial charge in [-0.05, 0) is 18.3 Å². The van der Waals surface area contributed by atoms with E-state index in [1.807, 2.05) is 0 Å². The van der Waals surface area contributed by atoms with Gasteiger partial charge in [0.25, 0.3) is 0 Å². The van der Waals surface area contributed by atoms with Crippen molar-refractivity contribution in [1.29, 1.82) is 0 Å². The number of nitrogens with two attached hydrogens (primary N) is 1. The van der Waals surface area contributed by atoms with Crippen LogP contribution in [0.3, 0.4) is 0 Å². The zero-order valence-electron chi connectivity index (χ0n) is 5.77. The van der Waals surface area contributed by atoms with Crippen molar-refractivity contribution in [1.82, 2.24) is 4.90 Å². The third kappa shape index (κ3) is 0.864. The maximum Gasteiger partial charge on any atom is 0.0105 e. The van der Waals surface area contributed by atoms with Crippen molar-refractivity contribution in [2.45, 2.75) is 12.8 Å². The van der Waals surface area contributed by atoms with Gasteiger partial charge < -0.3 is 10.6 Å². The molecule has 1 saturated carbocycles. The van der Waals surface area contributed by atoms with Gasteiger partial charge in [0.1, 0.15) is 0 Å². The molecule has 2 nitrogen and oxygen atoms in total. The second-order valence-corrected chi connectivity index (χ2v) is 3.50. The van der Waals surface area contributed by atoms with E-state index in [1.54, 1.807) is 0 Å². The second kappa shape index (κ2) is 1.70. The fraction of sp³-hybridized carbons (Fsp3) is 1.00. The van der Waals surface area contributed by atoms with Gasteiger partial charge in [-0.25, -0.2) is 0 Å². The SMILES string of the molecule is NCCN1CC2(CC2)C1. The zero-order valence-corrected chi connectivity index (χ0v) is 5.77. The Morgan fingerprint density at radius 3 is 2.44 bits per heavy atom. The molecule has 9 heavy (non-hydrogen) atoms. The lowest BCUT2D eigenvalue weighted by Crippen LogP contribution is -2.49. The molecule has 52 valence electrons. The van der Waals surface area contributed by atoms with Crippen LogP contribution in [0.15, 0.2) is 0 Å². The van der Waals surface area contributed by atoms with Crippen molar-refractivity contribution in [3.05, 3.63) is 0 Å². The Morgan fingerprint density at radius 1 is 1.33 bits per heavy atom. The summed E-state index contributed by atoms with van der Waals surface area (Å²) < 4.78 is 0. The highest BCUT2D eigenvalue weighted by molar-refractivity contribution is 5.04. The standard InChI is InChI=1S/C7H14N2/c8-3-4-9-5-7(6-9)1-2-7/h1-6,8H2. The summed E-state index contributed by atoms with van der Waals surface area (Å²) in [6.45, 7) is 4.62. The smallest absolute Gasteiger partial charge is 0.0105 e. The Morgan fingerprint density at radius 2 is 2.00 bits per heavy atom. The minimum Gasteiger partial charge on any atom is -0.329 e. The van der Waals surface area contributed by atoms with Gasteiger partial charge in [-0.3, -0.25) is 0 Å². The highest BCUT2D eigenvalue weighted by Crippen LogP contribution is 2.52. The summed E-state index contributed by atoms with van der Waals surface area (Å²) in [6.07, 6.45) is 2.96. The highest BCUT2D eigenvalue weighted by Gasteiger charge is 2.51. The molecule has 0 bridgehead atoms. The summed E-state index contributed by atoms with van der Waals surface area (Å²) >= 11 is 0. The zero-order chi connectivity index (χ0) is 6.32. The van der Waals surface area contributed by atoms with Crippen LogP contribution < -0.4 is 5.73 Å². The van der Waals surface area contributed by atoms with E-state index in [4.69, 9.17) is 5.73 Å². The molecule has 1 heterocycles. The Hall–Kier alpha value is -0.0800. The van der Waals surface area contributed by atoms with Crippen LogP contribution in [0, 0.1) is 5.41 Å². The largest absolute Gasteiger partial charge is 0.329 e. The predicted octanol–water partition coefficient (Wildman–Crippen LogP) is 0.0409. The average molecular weight is 126 g/mol. The van der Waals surface area contributed by atoms with Crippen LogP contribution >= 0.6 is 0 Å². The minimum atomic E-state index is 0.815. The van der Waals surface area contributed by atoms with E-state index in [2.05, 4.69) is 4.90 Å². The molecule has 1 aliphatic heterocycles. The molecule has 2 fully saturated rings. The molecule has 2 N–H and O–H groups in total. The Balaban J connectivity index is 1.71. The number of likely N-dealkylation sites (tertiary alicyclic amines) is 1. The van der Waals surface area contributed by atoms with E-state index in [-0.39, 0.29) is 0 Å². The molecule has 1 saturated heterocycles. The Bertz CT molecular complexity index is 110. The van der Waals surface area contributed by atoms with Crippen LogP contribution in [0.25, 0.3) is 0 Å². The van der Waals surface area contributed by atoms with E-state index >= 15 is 0 Å². The van der Waals surface area contributed by atoms with Crippen molar-refractivity contribution in [3.63, 3.8) is 0 Å². The lowest BCUT2D eigenvalue weighted by atomic mass is 9.97. The summed E-state index contributed by atoms with van der Waals surface area (Å²) in [4.78, 5) is 2.45. The van der Waals surface area contributed by atoms with Gasteiger partial charge in [-0.2, -0.15) is 0 Å². The first-order valence-corrected chi connectivity index (χ1v) is 3.77. The maximum atomic E-state index is 5.41. The number of rotatable bonds is 2. The molecule has 0 aromatic rings. The highest BCUT2D eigenvalue weighted by atomic mass is 15.2. The number of hydrogen-bond donors (Lipinski definition) is 1. The molecule has 0 atom stereocenters. The third-order valence-electron chi connectivity index (χ3n) is 2.52. The van der Waals surface area contributed by atoms with Crippen molar-refractivity contribution in [3.8, 4) is 0 Å². The molecule has 0 aromatic carbocycles. The van der Waals surface area contributed by atoms with E-state index in [9.17, 15) is 0 Å². The van der Waals surface area contributed by atoms with E-state index in [1.165, 1.54) is 25.9 Å². The fourth-order valence-electron chi connectivity index (χ4n) is 1.74. The van der Waals surface area contributed by atoms with Crippen LogP contribution in [0.2, 0.25) is 0 Å². The topological polar surface area (TPSA) is 29.3 Å². The first-order valence-electron chi connectivity index (χ1n) is 3.77. The maximum absolute atomic E-state index is 5.41. The molecule has 2 heteroatoms.